The molecule has 8 heteroatoms. The summed E-state index contributed by atoms with van der Waals surface area (Å²) in [4.78, 5) is 39.7. The number of anilines is 1. The van der Waals surface area contributed by atoms with Gasteiger partial charge in [0.2, 0.25) is 11.8 Å². The van der Waals surface area contributed by atoms with E-state index < -0.39 is 11.6 Å². The SMILES string of the molecule is O=C(CN1C(=O)CSc2ccccc21)N1CCC(O)(C(=O)O)CC1. The summed E-state index contributed by atoms with van der Waals surface area (Å²) < 4.78 is 0. The highest BCUT2D eigenvalue weighted by Gasteiger charge is 2.40. The van der Waals surface area contributed by atoms with Crippen LogP contribution in [0.4, 0.5) is 5.69 Å². The monoisotopic (exact) mass is 350 g/mol. The van der Waals surface area contributed by atoms with Gasteiger partial charge in [-0.05, 0) is 12.1 Å². The third-order valence-corrected chi connectivity index (χ3v) is 5.49. The average molecular weight is 350 g/mol. The third kappa shape index (κ3) is 3.11. The molecule has 1 saturated heterocycles. The van der Waals surface area contributed by atoms with Crippen molar-refractivity contribution >= 4 is 35.2 Å². The largest absolute Gasteiger partial charge is 0.479 e. The van der Waals surface area contributed by atoms with Gasteiger partial charge in [-0.1, -0.05) is 12.1 Å². The molecule has 2 aliphatic rings. The summed E-state index contributed by atoms with van der Waals surface area (Å²) in [6, 6.07) is 7.44. The molecule has 2 N–H and O–H groups in total. The third-order valence-electron chi connectivity index (χ3n) is 4.44. The van der Waals surface area contributed by atoms with E-state index >= 15 is 0 Å². The number of fused-ring (bicyclic) bond motifs is 1. The van der Waals surface area contributed by atoms with Crippen molar-refractivity contribution in [2.45, 2.75) is 23.3 Å². The molecule has 2 aliphatic heterocycles. The molecule has 0 spiro atoms. The number of para-hydroxylation sites is 1. The van der Waals surface area contributed by atoms with Crippen molar-refractivity contribution < 1.29 is 24.6 Å². The van der Waals surface area contributed by atoms with Gasteiger partial charge in [-0.25, -0.2) is 4.79 Å². The van der Waals surface area contributed by atoms with Crippen molar-refractivity contribution in [2.75, 3.05) is 30.3 Å². The van der Waals surface area contributed by atoms with Crippen LogP contribution in [0.15, 0.2) is 29.2 Å². The topological polar surface area (TPSA) is 98.2 Å². The van der Waals surface area contributed by atoms with Crippen LogP contribution in [0.3, 0.4) is 0 Å². The number of piperidine rings is 1. The minimum atomic E-state index is -1.76. The first kappa shape index (κ1) is 16.8. The first-order valence-corrected chi connectivity index (χ1v) is 8.65. The molecule has 2 amide bonds. The lowest BCUT2D eigenvalue weighted by Crippen LogP contribution is -2.53. The number of rotatable bonds is 3. The second kappa shape index (κ2) is 6.45. The summed E-state index contributed by atoms with van der Waals surface area (Å²) in [5.74, 6) is -1.32. The van der Waals surface area contributed by atoms with E-state index in [0.29, 0.717) is 5.75 Å². The van der Waals surface area contributed by atoms with Gasteiger partial charge in [0, 0.05) is 30.8 Å². The van der Waals surface area contributed by atoms with E-state index in [4.69, 9.17) is 5.11 Å². The van der Waals surface area contributed by atoms with Gasteiger partial charge >= 0.3 is 5.97 Å². The maximum absolute atomic E-state index is 12.5. The Morgan fingerprint density at radius 3 is 2.54 bits per heavy atom. The summed E-state index contributed by atoms with van der Waals surface area (Å²) in [7, 11) is 0. The summed E-state index contributed by atoms with van der Waals surface area (Å²) in [6.07, 6.45) is -0.0110. The second-order valence-electron chi connectivity index (χ2n) is 5.95. The summed E-state index contributed by atoms with van der Waals surface area (Å²) in [5, 5.41) is 19.0. The van der Waals surface area contributed by atoms with E-state index in [1.54, 1.807) is 0 Å². The smallest absolute Gasteiger partial charge is 0.335 e. The second-order valence-corrected chi connectivity index (χ2v) is 6.97. The molecule has 0 aliphatic carbocycles. The van der Waals surface area contributed by atoms with Gasteiger partial charge in [-0.15, -0.1) is 11.8 Å². The molecule has 1 aromatic rings. The molecule has 3 rings (SSSR count). The summed E-state index contributed by atoms with van der Waals surface area (Å²) in [5.41, 5.74) is -1.04. The number of nitrogens with zero attached hydrogens (tertiary/aromatic N) is 2. The molecule has 0 aromatic heterocycles. The van der Waals surface area contributed by atoms with Crippen molar-refractivity contribution in [3.05, 3.63) is 24.3 Å². The normalized spacial score (nSPS) is 19.8. The van der Waals surface area contributed by atoms with Crippen molar-refractivity contribution in [3.8, 4) is 0 Å². The molecule has 2 heterocycles. The fourth-order valence-electron chi connectivity index (χ4n) is 2.90. The first-order valence-electron chi connectivity index (χ1n) is 7.66. The summed E-state index contributed by atoms with van der Waals surface area (Å²) >= 11 is 1.45. The molecular formula is C16H18N2O5S. The molecule has 0 bridgehead atoms. The Morgan fingerprint density at radius 2 is 1.88 bits per heavy atom. The van der Waals surface area contributed by atoms with Gasteiger partial charge < -0.3 is 20.0 Å². The van der Waals surface area contributed by atoms with Crippen LogP contribution in [0, 0.1) is 0 Å². The predicted octanol–water partition coefficient (Wildman–Crippen LogP) is 0.563. The Hall–Kier alpha value is -2.06. The number of hydrogen-bond donors (Lipinski definition) is 2. The van der Waals surface area contributed by atoms with Crippen molar-refractivity contribution in [2.24, 2.45) is 0 Å². The lowest BCUT2D eigenvalue weighted by atomic mass is 9.91. The highest BCUT2D eigenvalue weighted by atomic mass is 32.2. The van der Waals surface area contributed by atoms with E-state index in [1.807, 2.05) is 24.3 Å². The van der Waals surface area contributed by atoms with Gasteiger partial charge in [0.15, 0.2) is 5.60 Å². The zero-order valence-corrected chi connectivity index (χ0v) is 13.8. The van der Waals surface area contributed by atoms with Gasteiger partial charge in [0.25, 0.3) is 0 Å². The number of aliphatic carboxylic acids is 1. The van der Waals surface area contributed by atoms with Crippen LogP contribution in [0.5, 0.6) is 0 Å². The molecule has 1 fully saturated rings. The van der Waals surface area contributed by atoms with Crippen LogP contribution in [0.25, 0.3) is 0 Å². The lowest BCUT2D eigenvalue weighted by molar-refractivity contribution is -0.165. The van der Waals surface area contributed by atoms with Crippen LogP contribution < -0.4 is 4.90 Å². The van der Waals surface area contributed by atoms with Crippen LogP contribution in [0.2, 0.25) is 0 Å². The fraction of sp³-hybridized carbons (Fsp3) is 0.438. The van der Waals surface area contributed by atoms with E-state index in [0.717, 1.165) is 10.6 Å². The highest BCUT2D eigenvalue weighted by molar-refractivity contribution is 8.00. The van der Waals surface area contributed by atoms with E-state index in [1.165, 1.54) is 21.6 Å². The Kier molecular flexibility index (Phi) is 4.51. The summed E-state index contributed by atoms with van der Waals surface area (Å²) in [6.45, 7) is 0.266. The maximum Gasteiger partial charge on any atom is 0.335 e. The number of carboxylic acids is 1. The quantitative estimate of drug-likeness (QED) is 0.827. The van der Waals surface area contributed by atoms with E-state index in [2.05, 4.69) is 0 Å². The zero-order chi connectivity index (χ0) is 17.3. The van der Waals surface area contributed by atoms with Crippen LogP contribution in [-0.4, -0.2) is 63.9 Å². The molecule has 1 aromatic carbocycles. The number of carbonyl (C=O) groups excluding carboxylic acids is 2. The first-order chi connectivity index (χ1) is 11.4. The number of likely N-dealkylation sites (tertiary alicyclic amines) is 1. The van der Waals surface area contributed by atoms with Gasteiger partial charge in [0.1, 0.15) is 6.54 Å². The van der Waals surface area contributed by atoms with Gasteiger partial charge in [-0.2, -0.15) is 0 Å². The van der Waals surface area contributed by atoms with Crippen LogP contribution >= 0.6 is 11.8 Å². The molecule has 0 radical (unpaired) electrons. The standard InChI is InChI=1S/C16H18N2O5S/c19-13(17-7-5-16(23,6-8-17)15(21)22)9-18-11-3-1-2-4-12(11)24-10-14(18)20/h1-4,23H,5-10H2,(H,21,22). The van der Waals surface area contributed by atoms with Gasteiger partial charge in [-0.3, -0.25) is 9.59 Å². The van der Waals surface area contributed by atoms with E-state index in [9.17, 15) is 19.5 Å². The predicted molar refractivity (Wildman–Crippen MR) is 87.9 cm³/mol. The number of carbonyl (C=O) groups is 3. The Morgan fingerprint density at radius 1 is 1.21 bits per heavy atom. The van der Waals surface area contributed by atoms with Crippen LogP contribution in [-0.2, 0) is 14.4 Å². The number of aliphatic hydroxyl groups is 1. The molecule has 0 atom stereocenters. The lowest BCUT2D eigenvalue weighted by Gasteiger charge is -2.37. The average Bonchev–Trinajstić information content (AvgIpc) is 2.58. The highest BCUT2D eigenvalue weighted by Crippen LogP contribution is 2.35. The number of hydrogen-bond acceptors (Lipinski definition) is 5. The number of amides is 2. The molecule has 24 heavy (non-hydrogen) atoms. The molecule has 7 nitrogen and oxygen atoms in total. The Labute approximate surface area is 143 Å². The molecule has 0 unspecified atom stereocenters. The number of thioether (sulfide) groups is 1. The van der Waals surface area contributed by atoms with Crippen molar-refractivity contribution in [1.29, 1.82) is 0 Å². The zero-order valence-electron chi connectivity index (χ0n) is 13.0. The van der Waals surface area contributed by atoms with Crippen molar-refractivity contribution in [1.82, 2.24) is 4.90 Å². The number of benzene rings is 1. The minimum absolute atomic E-state index is 0.00550. The molecule has 0 saturated carbocycles. The van der Waals surface area contributed by atoms with Gasteiger partial charge in [0.05, 0.1) is 11.4 Å². The molecular weight excluding hydrogens is 332 g/mol. The Bertz CT molecular complexity index is 685. The van der Waals surface area contributed by atoms with Crippen LogP contribution in [0.1, 0.15) is 12.8 Å². The molecule has 128 valence electrons. The minimum Gasteiger partial charge on any atom is -0.479 e. The maximum atomic E-state index is 12.5. The Balaban J connectivity index is 1.68. The van der Waals surface area contributed by atoms with E-state index in [-0.39, 0.29) is 44.3 Å². The van der Waals surface area contributed by atoms with Crippen molar-refractivity contribution in [3.63, 3.8) is 0 Å². The number of carboxylic acid groups (broad SMARTS) is 1. The fourth-order valence-corrected chi connectivity index (χ4v) is 3.84.